The van der Waals surface area contributed by atoms with E-state index in [1.165, 1.54) is 0 Å². The second-order valence-electron chi connectivity index (χ2n) is 3.35. The molecule has 4 nitrogen and oxygen atoms in total. The highest BCUT2D eigenvalue weighted by Gasteiger charge is 2.02. The first kappa shape index (κ1) is 13.9. The SMILES string of the molecule is CCOC(=O)CC#Cc1cc(OC)ccc1OC. The third-order valence-electron chi connectivity index (χ3n) is 2.17. The summed E-state index contributed by atoms with van der Waals surface area (Å²) in [7, 11) is 3.15. The molecule has 0 atom stereocenters. The number of methoxy groups -OCH3 is 2. The molecule has 0 N–H and O–H groups in total. The highest BCUT2D eigenvalue weighted by molar-refractivity contribution is 5.72. The molecule has 0 aromatic heterocycles. The van der Waals surface area contributed by atoms with Gasteiger partial charge in [-0.1, -0.05) is 11.8 Å². The van der Waals surface area contributed by atoms with E-state index >= 15 is 0 Å². The minimum Gasteiger partial charge on any atom is -0.497 e. The van der Waals surface area contributed by atoms with Crippen LogP contribution in [0.1, 0.15) is 18.9 Å². The average molecular weight is 248 g/mol. The number of carbonyl (C=O) groups is 1. The Labute approximate surface area is 107 Å². The van der Waals surface area contributed by atoms with Crippen LogP contribution in [0.25, 0.3) is 0 Å². The van der Waals surface area contributed by atoms with E-state index in [1.54, 1.807) is 39.3 Å². The molecule has 1 aromatic carbocycles. The van der Waals surface area contributed by atoms with Gasteiger partial charge in [-0.25, -0.2) is 0 Å². The van der Waals surface area contributed by atoms with E-state index in [4.69, 9.17) is 14.2 Å². The summed E-state index contributed by atoms with van der Waals surface area (Å²) in [6.07, 6.45) is 0.0637. The van der Waals surface area contributed by atoms with Gasteiger partial charge in [-0.15, -0.1) is 0 Å². The summed E-state index contributed by atoms with van der Waals surface area (Å²) in [5, 5.41) is 0. The largest absolute Gasteiger partial charge is 0.497 e. The number of esters is 1. The summed E-state index contributed by atoms with van der Waals surface area (Å²) in [6.45, 7) is 2.12. The highest BCUT2D eigenvalue weighted by Crippen LogP contribution is 2.22. The van der Waals surface area contributed by atoms with Crippen molar-refractivity contribution in [2.45, 2.75) is 13.3 Å². The summed E-state index contributed by atoms with van der Waals surface area (Å²) in [5.41, 5.74) is 0.682. The van der Waals surface area contributed by atoms with E-state index < -0.39 is 0 Å². The maximum absolute atomic E-state index is 11.1. The van der Waals surface area contributed by atoms with Crippen molar-refractivity contribution in [2.75, 3.05) is 20.8 Å². The minimum atomic E-state index is -0.327. The van der Waals surface area contributed by atoms with Crippen LogP contribution in [0.3, 0.4) is 0 Å². The molecule has 0 radical (unpaired) electrons. The number of ether oxygens (including phenoxy) is 3. The smallest absolute Gasteiger partial charge is 0.317 e. The minimum absolute atomic E-state index is 0.0637. The van der Waals surface area contributed by atoms with Crippen molar-refractivity contribution in [3.8, 4) is 23.3 Å². The van der Waals surface area contributed by atoms with Crippen LogP contribution < -0.4 is 9.47 Å². The van der Waals surface area contributed by atoms with Crippen LogP contribution in [0.4, 0.5) is 0 Å². The average Bonchev–Trinajstić information content (AvgIpc) is 2.39. The molecule has 96 valence electrons. The van der Waals surface area contributed by atoms with Gasteiger partial charge in [0.2, 0.25) is 0 Å². The van der Waals surface area contributed by atoms with Gasteiger partial charge in [0.15, 0.2) is 0 Å². The number of rotatable bonds is 4. The molecular formula is C14H16O4. The van der Waals surface area contributed by atoms with Gasteiger partial charge < -0.3 is 14.2 Å². The lowest BCUT2D eigenvalue weighted by Crippen LogP contribution is -2.01. The molecule has 0 aliphatic carbocycles. The molecule has 0 aliphatic rings. The summed E-state index contributed by atoms with van der Waals surface area (Å²) < 4.78 is 15.1. The maximum Gasteiger partial charge on any atom is 0.317 e. The molecule has 0 saturated heterocycles. The van der Waals surface area contributed by atoms with E-state index in [0.717, 1.165) is 0 Å². The first-order valence-corrected chi connectivity index (χ1v) is 5.57. The Hall–Kier alpha value is -2.15. The summed E-state index contributed by atoms with van der Waals surface area (Å²) in [6, 6.07) is 5.32. The van der Waals surface area contributed by atoms with Gasteiger partial charge in [-0.05, 0) is 25.1 Å². The Morgan fingerprint density at radius 3 is 2.67 bits per heavy atom. The van der Waals surface area contributed by atoms with Crippen molar-refractivity contribution in [2.24, 2.45) is 0 Å². The molecule has 1 rings (SSSR count). The summed E-state index contributed by atoms with van der Waals surface area (Å²) in [5.74, 6) is 6.63. The molecule has 0 heterocycles. The van der Waals surface area contributed by atoms with E-state index in [0.29, 0.717) is 23.7 Å². The van der Waals surface area contributed by atoms with Gasteiger partial charge in [0, 0.05) is 0 Å². The Morgan fingerprint density at radius 2 is 2.06 bits per heavy atom. The highest BCUT2D eigenvalue weighted by atomic mass is 16.5. The van der Waals surface area contributed by atoms with Crippen LogP contribution in [-0.4, -0.2) is 26.8 Å². The quantitative estimate of drug-likeness (QED) is 0.604. The molecule has 0 unspecified atom stereocenters. The number of carbonyl (C=O) groups excluding carboxylic acids is 1. The normalized spacial score (nSPS) is 9.06. The van der Waals surface area contributed by atoms with Gasteiger partial charge in [-0.2, -0.15) is 0 Å². The second-order valence-corrected chi connectivity index (χ2v) is 3.35. The standard InChI is InChI=1S/C14H16O4/c1-4-18-14(15)7-5-6-11-10-12(16-2)8-9-13(11)17-3/h8-10H,4,7H2,1-3H3. The maximum atomic E-state index is 11.1. The van der Waals surface area contributed by atoms with Gasteiger partial charge in [0.1, 0.15) is 17.9 Å². The predicted molar refractivity (Wildman–Crippen MR) is 67.7 cm³/mol. The van der Waals surface area contributed by atoms with Crippen LogP contribution in [0.2, 0.25) is 0 Å². The summed E-state index contributed by atoms with van der Waals surface area (Å²) in [4.78, 5) is 11.1. The number of hydrogen-bond donors (Lipinski definition) is 0. The van der Waals surface area contributed by atoms with Gasteiger partial charge in [-0.3, -0.25) is 4.79 Å². The molecular weight excluding hydrogens is 232 g/mol. The monoisotopic (exact) mass is 248 g/mol. The first-order chi connectivity index (χ1) is 8.71. The van der Waals surface area contributed by atoms with Crippen LogP contribution >= 0.6 is 0 Å². The van der Waals surface area contributed by atoms with E-state index in [-0.39, 0.29) is 12.4 Å². The lowest BCUT2D eigenvalue weighted by molar-refractivity contribution is -0.141. The van der Waals surface area contributed by atoms with Crippen LogP contribution in [-0.2, 0) is 9.53 Å². The molecule has 18 heavy (non-hydrogen) atoms. The van der Waals surface area contributed by atoms with Crippen LogP contribution in [0.15, 0.2) is 18.2 Å². The Bertz CT molecular complexity index is 468. The number of benzene rings is 1. The Kier molecular flexibility index (Phi) is 5.59. The molecule has 1 aromatic rings. The van der Waals surface area contributed by atoms with Gasteiger partial charge in [0.05, 0.1) is 26.4 Å². The Morgan fingerprint density at radius 1 is 1.28 bits per heavy atom. The molecule has 0 saturated carbocycles. The van der Waals surface area contributed by atoms with Crippen molar-refractivity contribution in [3.63, 3.8) is 0 Å². The molecule has 0 spiro atoms. The van der Waals surface area contributed by atoms with Crippen molar-refractivity contribution >= 4 is 5.97 Å². The Balaban J connectivity index is 2.82. The van der Waals surface area contributed by atoms with Crippen molar-refractivity contribution in [1.82, 2.24) is 0 Å². The number of hydrogen-bond acceptors (Lipinski definition) is 4. The second kappa shape index (κ2) is 7.23. The topological polar surface area (TPSA) is 44.8 Å². The lowest BCUT2D eigenvalue weighted by atomic mass is 10.2. The molecule has 0 bridgehead atoms. The lowest BCUT2D eigenvalue weighted by Gasteiger charge is -2.05. The van der Waals surface area contributed by atoms with Gasteiger partial charge in [0.25, 0.3) is 0 Å². The third-order valence-corrected chi connectivity index (χ3v) is 2.17. The summed E-state index contributed by atoms with van der Waals surface area (Å²) >= 11 is 0. The molecule has 0 aliphatic heterocycles. The zero-order chi connectivity index (χ0) is 13.4. The van der Waals surface area contributed by atoms with Crippen molar-refractivity contribution in [3.05, 3.63) is 23.8 Å². The molecule has 0 fully saturated rings. The predicted octanol–water partition coefficient (Wildman–Crippen LogP) is 2.01. The fraction of sp³-hybridized carbons (Fsp3) is 0.357. The van der Waals surface area contributed by atoms with Gasteiger partial charge >= 0.3 is 5.97 Å². The van der Waals surface area contributed by atoms with Crippen LogP contribution in [0.5, 0.6) is 11.5 Å². The fourth-order valence-electron chi connectivity index (χ4n) is 1.34. The van der Waals surface area contributed by atoms with E-state index in [2.05, 4.69) is 11.8 Å². The first-order valence-electron chi connectivity index (χ1n) is 5.57. The molecule has 0 amide bonds. The van der Waals surface area contributed by atoms with Crippen molar-refractivity contribution in [1.29, 1.82) is 0 Å². The zero-order valence-electron chi connectivity index (χ0n) is 10.8. The van der Waals surface area contributed by atoms with Crippen molar-refractivity contribution < 1.29 is 19.0 Å². The van der Waals surface area contributed by atoms with E-state index in [9.17, 15) is 4.79 Å². The third kappa shape index (κ3) is 4.02. The molecule has 4 heteroatoms. The zero-order valence-corrected chi connectivity index (χ0v) is 10.8. The fourth-order valence-corrected chi connectivity index (χ4v) is 1.34. The van der Waals surface area contributed by atoms with Crippen LogP contribution in [0, 0.1) is 11.8 Å². The van der Waals surface area contributed by atoms with E-state index in [1.807, 2.05) is 0 Å².